The van der Waals surface area contributed by atoms with Gasteiger partial charge in [0.25, 0.3) is 0 Å². The maximum absolute atomic E-state index is 12.6. The van der Waals surface area contributed by atoms with Crippen LogP contribution < -0.4 is 16.0 Å². The molecule has 0 aliphatic carbocycles. The SMILES string of the molecule is Cc1cccc(C)c1NC(=O)C1CCCCN1.Cc1cccc(C)c1NC(=O)C1CCCCN1CCCO.OCCCBr. The van der Waals surface area contributed by atoms with E-state index in [1.165, 1.54) is 6.42 Å². The number of nitrogens with one attached hydrogen (secondary N) is 3. The van der Waals surface area contributed by atoms with Crippen molar-refractivity contribution in [2.24, 2.45) is 0 Å². The van der Waals surface area contributed by atoms with E-state index in [2.05, 4.69) is 36.8 Å². The Morgan fingerprint density at radius 1 is 0.814 bits per heavy atom. The number of hydrogen-bond donors (Lipinski definition) is 5. The highest BCUT2D eigenvalue weighted by atomic mass is 79.9. The fourth-order valence-electron chi connectivity index (χ4n) is 5.40. The average molecular weight is 662 g/mol. The van der Waals surface area contributed by atoms with Crippen LogP contribution in [-0.4, -0.2) is 77.2 Å². The molecule has 2 aliphatic heterocycles. The van der Waals surface area contributed by atoms with Crippen molar-refractivity contribution in [1.82, 2.24) is 10.2 Å². The molecule has 2 fully saturated rings. The monoisotopic (exact) mass is 660 g/mol. The lowest BCUT2D eigenvalue weighted by Crippen LogP contribution is -2.47. The molecule has 2 heterocycles. The lowest BCUT2D eigenvalue weighted by molar-refractivity contribution is -0.122. The van der Waals surface area contributed by atoms with Crippen LogP contribution in [0, 0.1) is 27.7 Å². The van der Waals surface area contributed by atoms with Gasteiger partial charge in [0.15, 0.2) is 0 Å². The van der Waals surface area contributed by atoms with Crippen molar-refractivity contribution in [3.8, 4) is 0 Å². The number of halogens is 1. The zero-order valence-electron chi connectivity index (χ0n) is 26.6. The molecule has 9 heteroatoms. The molecule has 2 aliphatic rings. The first kappa shape index (κ1) is 36.9. The lowest BCUT2D eigenvalue weighted by atomic mass is 10.0. The molecular weight excluding hydrogens is 608 g/mol. The molecule has 0 saturated carbocycles. The van der Waals surface area contributed by atoms with E-state index in [0.717, 1.165) is 104 Å². The average Bonchev–Trinajstić information content (AvgIpc) is 3.01. The maximum atomic E-state index is 12.6. The summed E-state index contributed by atoms with van der Waals surface area (Å²) in [5, 5.41) is 27.4. The second-order valence-corrected chi connectivity index (χ2v) is 12.2. The van der Waals surface area contributed by atoms with Gasteiger partial charge in [0.1, 0.15) is 0 Å². The molecule has 4 rings (SSSR count). The Morgan fingerprint density at radius 3 is 1.81 bits per heavy atom. The van der Waals surface area contributed by atoms with Gasteiger partial charge < -0.3 is 26.2 Å². The van der Waals surface area contributed by atoms with Crippen molar-refractivity contribution in [1.29, 1.82) is 0 Å². The molecule has 2 unspecified atom stereocenters. The lowest BCUT2D eigenvalue weighted by Gasteiger charge is -2.34. The molecule has 2 atom stereocenters. The van der Waals surface area contributed by atoms with E-state index >= 15 is 0 Å². The minimum Gasteiger partial charge on any atom is -0.396 e. The van der Waals surface area contributed by atoms with Crippen molar-refractivity contribution >= 4 is 39.1 Å². The smallest absolute Gasteiger partial charge is 0.241 e. The van der Waals surface area contributed by atoms with Crippen LogP contribution in [0.2, 0.25) is 0 Å². The Labute approximate surface area is 267 Å². The van der Waals surface area contributed by atoms with E-state index in [1.807, 2.05) is 64.1 Å². The molecule has 5 N–H and O–H groups in total. The molecule has 0 radical (unpaired) electrons. The van der Waals surface area contributed by atoms with E-state index in [4.69, 9.17) is 10.2 Å². The van der Waals surface area contributed by atoms with E-state index in [9.17, 15) is 9.59 Å². The van der Waals surface area contributed by atoms with Gasteiger partial charge in [-0.1, -0.05) is 65.2 Å². The summed E-state index contributed by atoms with van der Waals surface area (Å²) in [6.45, 7) is 11.3. The molecule has 2 aromatic carbocycles. The highest BCUT2D eigenvalue weighted by molar-refractivity contribution is 9.09. The number of para-hydroxylation sites is 2. The molecule has 0 aromatic heterocycles. The van der Waals surface area contributed by atoms with Crippen LogP contribution in [-0.2, 0) is 9.59 Å². The first-order valence-corrected chi connectivity index (χ1v) is 16.8. The number of nitrogens with zero attached hydrogens (tertiary/aromatic N) is 1. The van der Waals surface area contributed by atoms with Gasteiger partial charge in [0.2, 0.25) is 11.8 Å². The van der Waals surface area contributed by atoms with Gasteiger partial charge in [-0.15, -0.1) is 0 Å². The number of aliphatic hydroxyl groups excluding tert-OH is 2. The van der Waals surface area contributed by atoms with Crippen LogP contribution in [0.4, 0.5) is 11.4 Å². The summed E-state index contributed by atoms with van der Waals surface area (Å²) in [6.07, 6.45) is 7.98. The summed E-state index contributed by atoms with van der Waals surface area (Å²) in [5.41, 5.74) is 6.34. The normalized spacial score (nSPS) is 18.4. The second kappa shape index (κ2) is 20.6. The van der Waals surface area contributed by atoms with Crippen molar-refractivity contribution in [2.75, 3.05) is 48.8 Å². The Balaban J connectivity index is 0.000000264. The highest BCUT2D eigenvalue weighted by Crippen LogP contribution is 2.23. The molecular formula is C34H53BrN4O4. The van der Waals surface area contributed by atoms with Gasteiger partial charge in [0, 0.05) is 36.5 Å². The van der Waals surface area contributed by atoms with Gasteiger partial charge >= 0.3 is 0 Å². The Bertz CT molecular complexity index is 1080. The standard InChI is InChI=1S/C17H26N2O2.C14H20N2O.C3H7BrO/c1-13-7-5-8-14(2)16(13)18-17(21)15-9-3-4-10-19(15)11-6-12-20;1-10-6-5-7-11(2)13(10)16-14(17)12-8-3-4-9-15-12;4-2-1-3-5/h5,7-8,15,20H,3-4,6,9-12H2,1-2H3,(H,18,21);5-7,12,15H,3-4,8-9H2,1-2H3,(H,16,17);5H,1-3H2. The number of benzene rings is 2. The predicted octanol–water partition coefficient (Wildman–Crippen LogP) is 5.63. The predicted molar refractivity (Wildman–Crippen MR) is 181 cm³/mol. The number of alkyl halides is 1. The number of likely N-dealkylation sites (tertiary alicyclic amines) is 1. The first-order chi connectivity index (χ1) is 20.7. The number of hydrogen-bond acceptors (Lipinski definition) is 6. The van der Waals surface area contributed by atoms with E-state index < -0.39 is 0 Å². The van der Waals surface area contributed by atoms with Gasteiger partial charge in [-0.25, -0.2) is 0 Å². The fraction of sp³-hybridized carbons (Fsp3) is 0.588. The van der Waals surface area contributed by atoms with Crippen LogP contribution in [0.3, 0.4) is 0 Å². The number of carbonyl (C=O) groups is 2. The summed E-state index contributed by atoms with van der Waals surface area (Å²) in [5.74, 6) is 0.187. The quantitative estimate of drug-likeness (QED) is 0.223. The summed E-state index contributed by atoms with van der Waals surface area (Å²) in [7, 11) is 0. The molecule has 8 nitrogen and oxygen atoms in total. The van der Waals surface area contributed by atoms with Crippen molar-refractivity contribution in [3.63, 3.8) is 0 Å². The van der Waals surface area contributed by atoms with Crippen molar-refractivity contribution in [2.45, 2.75) is 91.1 Å². The number of piperidine rings is 2. The molecule has 0 spiro atoms. The highest BCUT2D eigenvalue weighted by Gasteiger charge is 2.28. The third-order valence-corrected chi connectivity index (χ3v) is 8.46. The number of amides is 2. The number of aliphatic hydroxyl groups is 2. The van der Waals surface area contributed by atoms with E-state index in [-0.39, 0.29) is 30.5 Å². The molecule has 240 valence electrons. The zero-order chi connectivity index (χ0) is 31.6. The minimum atomic E-state index is -0.0655. The minimum absolute atomic E-state index is 0.0252. The number of carbonyl (C=O) groups excluding carboxylic acids is 2. The van der Waals surface area contributed by atoms with Crippen molar-refractivity contribution in [3.05, 3.63) is 58.7 Å². The molecule has 2 saturated heterocycles. The molecule has 2 aromatic rings. The summed E-state index contributed by atoms with van der Waals surface area (Å²) in [6, 6.07) is 12.0. The van der Waals surface area contributed by atoms with Gasteiger partial charge in [0.05, 0.1) is 12.1 Å². The fourth-order valence-corrected chi connectivity index (χ4v) is 5.66. The zero-order valence-corrected chi connectivity index (χ0v) is 28.1. The third kappa shape index (κ3) is 12.7. The number of aryl methyl sites for hydroxylation is 4. The van der Waals surface area contributed by atoms with E-state index in [0.29, 0.717) is 6.61 Å². The Kier molecular flexibility index (Phi) is 17.7. The largest absolute Gasteiger partial charge is 0.396 e. The van der Waals surface area contributed by atoms with Crippen molar-refractivity contribution < 1.29 is 19.8 Å². The summed E-state index contributed by atoms with van der Waals surface area (Å²) in [4.78, 5) is 26.9. The Morgan fingerprint density at radius 2 is 1.35 bits per heavy atom. The molecule has 2 amide bonds. The first-order valence-electron chi connectivity index (χ1n) is 15.7. The van der Waals surface area contributed by atoms with Crippen LogP contribution in [0.25, 0.3) is 0 Å². The third-order valence-electron chi connectivity index (χ3n) is 7.90. The van der Waals surface area contributed by atoms with Crippen LogP contribution in [0.15, 0.2) is 36.4 Å². The number of anilines is 2. The van der Waals surface area contributed by atoms with Crippen LogP contribution in [0.5, 0.6) is 0 Å². The van der Waals surface area contributed by atoms with Crippen LogP contribution >= 0.6 is 15.9 Å². The van der Waals surface area contributed by atoms with Gasteiger partial charge in [-0.05, 0) is 102 Å². The van der Waals surface area contributed by atoms with Crippen LogP contribution in [0.1, 0.15) is 73.6 Å². The molecule has 43 heavy (non-hydrogen) atoms. The summed E-state index contributed by atoms with van der Waals surface area (Å²) >= 11 is 3.15. The van der Waals surface area contributed by atoms with Gasteiger partial charge in [-0.3, -0.25) is 14.5 Å². The van der Waals surface area contributed by atoms with E-state index in [1.54, 1.807) is 0 Å². The van der Waals surface area contributed by atoms with Gasteiger partial charge in [-0.2, -0.15) is 0 Å². The summed E-state index contributed by atoms with van der Waals surface area (Å²) < 4.78 is 0. The Hall–Kier alpha value is -2.30. The maximum Gasteiger partial charge on any atom is 0.241 e. The number of rotatable bonds is 9. The topological polar surface area (TPSA) is 114 Å². The molecule has 0 bridgehead atoms. The second-order valence-electron chi connectivity index (χ2n) is 11.4.